The molecule has 0 amide bonds. The second-order valence-corrected chi connectivity index (χ2v) is 10.8. The van der Waals surface area contributed by atoms with E-state index in [4.69, 9.17) is 0 Å². The van der Waals surface area contributed by atoms with Crippen LogP contribution in [-0.4, -0.2) is 39.1 Å². The molecule has 33 heavy (non-hydrogen) atoms. The monoisotopic (exact) mass is 473 g/mol. The molecule has 0 bridgehead atoms. The Labute approximate surface area is 204 Å². The average molecular weight is 474 g/mol. The van der Waals surface area contributed by atoms with Gasteiger partial charge in [-0.15, -0.1) is 12.1 Å². The van der Waals surface area contributed by atoms with E-state index in [1.165, 1.54) is 87.8 Å². The summed E-state index contributed by atoms with van der Waals surface area (Å²) in [6.07, 6.45) is 11.1. The van der Waals surface area contributed by atoms with Crippen LogP contribution < -0.4 is 0 Å². The molecular weight excluding hydrogens is 426 g/mol. The molecule has 0 aliphatic heterocycles. The van der Waals surface area contributed by atoms with E-state index in [1.807, 2.05) is 18.2 Å². The van der Waals surface area contributed by atoms with E-state index in [9.17, 15) is 8.42 Å². The Kier molecular flexibility index (Phi) is 14.9. The lowest BCUT2D eigenvalue weighted by Crippen LogP contribution is -2.50. The molecular formula is C29H47NO2S. The minimum Gasteiger partial charge on any atom is -0.324 e. The van der Waals surface area contributed by atoms with Crippen LogP contribution in [0.2, 0.25) is 0 Å². The van der Waals surface area contributed by atoms with Gasteiger partial charge in [0.15, 0.2) is 9.84 Å². The molecule has 0 N–H and O–H groups in total. The number of benzene rings is 2. The normalized spacial score (nSPS) is 11.5. The Morgan fingerprint density at radius 2 is 0.970 bits per heavy atom. The molecule has 0 unspecified atom stereocenters. The van der Waals surface area contributed by atoms with Crippen LogP contribution in [0.3, 0.4) is 0 Å². The zero-order valence-corrected chi connectivity index (χ0v) is 22.3. The summed E-state index contributed by atoms with van der Waals surface area (Å²) >= 11 is 0. The van der Waals surface area contributed by atoms with Gasteiger partial charge in [0, 0.05) is 0 Å². The number of unbranched alkanes of at least 4 members (excludes halogenated alkanes) is 4. The van der Waals surface area contributed by atoms with Crippen LogP contribution in [0.4, 0.5) is 0 Å². The Balaban J connectivity index is 0.000000330. The highest BCUT2D eigenvalue weighted by molar-refractivity contribution is 7.93. The van der Waals surface area contributed by atoms with Gasteiger partial charge in [0.05, 0.1) is 31.1 Å². The molecule has 2 aromatic carbocycles. The number of nitrogens with zero attached hydrogens (tertiary/aromatic N) is 1. The molecule has 2 rings (SSSR count). The first kappa shape index (κ1) is 29.3. The summed E-state index contributed by atoms with van der Waals surface area (Å²) in [6.45, 7) is 15.0. The largest absolute Gasteiger partial charge is 0.324 e. The smallest absolute Gasteiger partial charge is 0.154 e. The Morgan fingerprint density at radius 3 is 1.33 bits per heavy atom. The minimum atomic E-state index is -3.34. The van der Waals surface area contributed by atoms with Gasteiger partial charge in [0.2, 0.25) is 0 Å². The van der Waals surface area contributed by atoms with Gasteiger partial charge >= 0.3 is 0 Å². The fourth-order valence-corrected chi connectivity index (χ4v) is 5.22. The molecule has 0 saturated heterocycles. The molecule has 0 aromatic heterocycles. The van der Waals surface area contributed by atoms with E-state index in [2.05, 4.69) is 27.7 Å². The second-order valence-electron chi connectivity index (χ2n) is 9.04. The van der Waals surface area contributed by atoms with Gasteiger partial charge in [0.1, 0.15) is 0 Å². The van der Waals surface area contributed by atoms with Crippen molar-refractivity contribution >= 4 is 9.84 Å². The maximum atomic E-state index is 11.9. The van der Waals surface area contributed by atoms with Crippen LogP contribution in [0, 0.1) is 5.75 Å². The molecule has 4 heteroatoms. The molecule has 186 valence electrons. The first-order valence-electron chi connectivity index (χ1n) is 13.0. The second kappa shape index (κ2) is 16.8. The molecule has 0 aliphatic carbocycles. The van der Waals surface area contributed by atoms with Crippen molar-refractivity contribution in [2.45, 2.75) is 84.0 Å². The van der Waals surface area contributed by atoms with E-state index in [1.54, 1.807) is 42.5 Å². The lowest BCUT2D eigenvalue weighted by molar-refractivity contribution is -0.929. The van der Waals surface area contributed by atoms with Crippen molar-refractivity contribution in [3.63, 3.8) is 0 Å². The Morgan fingerprint density at radius 1 is 0.606 bits per heavy atom. The van der Waals surface area contributed by atoms with Gasteiger partial charge in [-0.3, -0.25) is 0 Å². The third-order valence-electron chi connectivity index (χ3n) is 6.11. The van der Waals surface area contributed by atoms with Crippen LogP contribution in [-0.2, 0) is 9.84 Å². The fourth-order valence-electron chi connectivity index (χ4n) is 4.03. The number of hydrogen-bond donors (Lipinski definition) is 0. The molecule has 0 saturated carbocycles. The lowest BCUT2D eigenvalue weighted by Gasteiger charge is -2.39. The van der Waals surface area contributed by atoms with Crippen molar-refractivity contribution in [2.75, 3.05) is 26.2 Å². The van der Waals surface area contributed by atoms with Crippen molar-refractivity contribution in [1.82, 2.24) is 0 Å². The van der Waals surface area contributed by atoms with Crippen LogP contribution >= 0.6 is 0 Å². The number of sulfone groups is 1. The SMILES string of the molecule is CCCC[N+](CCCC)(CCCC)CCCC.O=S(=O)([CH-]c1ccccc1)c1ccccc1. The van der Waals surface area contributed by atoms with Gasteiger partial charge in [-0.05, 0) is 37.8 Å². The van der Waals surface area contributed by atoms with Gasteiger partial charge < -0.3 is 4.48 Å². The topological polar surface area (TPSA) is 34.1 Å². The molecule has 0 aliphatic rings. The molecule has 0 atom stereocenters. The predicted octanol–water partition coefficient (Wildman–Crippen LogP) is 7.67. The van der Waals surface area contributed by atoms with Crippen molar-refractivity contribution in [3.05, 3.63) is 72.0 Å². The lowest BCUT2D eigenvalue weighted by atomic mass is 10.1. The maximum Gasteiger partial charge on any atom is 0.154 e. The van der Waals surface area contributed by atoms with Crippen molar-refractivity contribution in [3.8, 4) is 0 Å². The number of rotatable bonds is 15. The Hall–Kier alpha value is -1.78. The third-order valence-corrected chi connectivity index (χ3v) is 7.62. The average Bonchev–Trinajstić information content (AvgIpc) is 2.84. The van der Waals surface area contributed by atoms with Crippen LogP contribution in [0.25, 0.3) is 0 Å². The maximum absolute atomic E-state index is 11.9. The summed E-state index contributed by atoms with van der Waals surface area (Å²) in [7, 11) is -3.34. The summed E-state index contributed by atoms with van der Waals surface area (Å²) < 4.78 is 25.3. The predicted molar refractivity (Wildman–Crippen MR) is 143 cm³/mol. The molecule has 3 nitrogen and oxygen atoms in total. The zero-order valence-electron chi connectivity index (χ0n) is 21.5. The third kappa shape index (κ3) is 11.8. The van der Waals surface area contributed by atoms with Crippen molar-refractivity contribution in [1.29, 1.82) is 0 Å². The van der Waals surface area contributed by atoms with Gasteiger partial charge in [-0.25, -0.2) is 8.42 Å². The summed E-state index contributed by atoms with van der Waals surface area (Å²) in [5.41, 5.74) is 0.686. The van der Waals surface area contributed by atoms with Gasteiger partial charge in [-0.2, -0.15) is 17.7 Å². The Bertz CT molecular complexity index is 782. The van der Waals surface area contributed by atoms with E-state index in [-0.39, 0.29) is 0 Å². The number of quaternary nitrogens is 1. The molecule has 0 fully saturated rings. The first-order chi connectivity index (χ1) is 15.9. The minimum absolute atomic E-state index is 0.318. The van der Waals surface area contributed by atoms with E-state index >= 15 is 0 Å². The molecule has 0 radical (unpaired) electrons. The highest BCUT2D eigenvalue weighted by atomic mass is 32.2. The quantitative estimate of drug-likeness (QED) is 0.196. The van der Waals surface area contributed by atoms with E-state index in [0.717, 1.165) is 0 Å². The first-order valence-corrected chi connectivity index (χ1v) is 14.5. The summed E-state index contributed by atoms with van der Waals surface area (Å²) in [5.74, 6) is 1.28. The molecule has 0 spiro atoms. The fraction of sp³-hybridized carbons (Fsp3) is 0.552. The van der Waals surface area contributed by atoms with Crippen molar-refractivity contribution in [2.24, 2.45) is 0 Å². The van der Waals surface area contributed by atoms with Crippen LogP contribution in [0.15, 0.2) is 65.6 Å². The highest BCUT2D eigenvalue weighted by Gasteiger charge is 2.24. The number of hydrogen-bond acceptors (Lipinski definition) is 2. The molecule has 2 aromatic rings. The zero-order chi connectivity index (χ0) is 24.4. The van der Waals surface area contributed by atoms with Crippen LogP contribution in [0.1, 0.15) is 84.6 Å². The van der Waals surface area contributed by atoms with Gasteiger partial charge in [-0.1, -0.05) is 83.4 Å². The van der Waals surface area contributed by atoms with Crippen LogP contribution in [0.5, 0.6) is 0 Å². The summed E-state index contributed by atoms with van der Waals surface area (Å²) in [5, 5.41) is 0. The van der Waals surface area contributed by atoms with Gasteiger partial charge in [0.25, 0.3) is 0 Å². The van der Waals surface area contributed by atoms with Crippen molar-refractivity contribution < 1.29 is 12.9 Å². The summed E-state index contributed by atoms with van der Waals surface area (Å²) in [6, 6.07) is 17.4. The van der Waals surface area contributed by atoms with E-state index in [0.29, 0.717) is 10.5 Å². The standard InChI is InChI=1S/C16H36N.C13H11O2S/c1-5-9-13-17(14-10-6-2,15-11-7-3)16-12-8-4;14-16(15,13-9-5-2-6-10-13)11-12-7-3-1-4-8-12/h5-16H2,1-4H3;1-11H/q+1;-1. The molecule has 0 heterocycles. The van der Waals surface area contributed by atoms with E-state index < -0.39 is 9.84 Å². The summed E-state index contributed by atoms with van der Waals surface area (Å²) in [4.78, 5) is 0.318. The highest BCUT2D eigenvalue weighted by Crippen LogP contribution is 2.18.